The predicted molar refractivity (Wildman–Crippen MR) is 69.3 cm³/mol. The van der Waals surface area contributed by atoms with Crippen molar-refractivity contribution in [3.05, 3.63) is 47.5 Å². The van der Waals surface area contributed by atoms with Crippen molar-refractivity contribution >= 4 is 12.1 Å². The largest absolute Gasteiger partial charge is 0.299 e. The zero-order valence-electron chi connectivity index (χ0n) is 10.3. The lowest BCUT2D eigenvalue weighted by atomic mass is 9.99. The number of ketones is 1. The second-order valence-corrected chi connectivity index (χ2v) is 4.30. The molecule has 0 aliphatic heterocycles. The fourth-order valence-electron chi connectivity index (χ4n) is 1.56. The summed E-state index contributed by atoms with van der Waals surface area (Å²) in [5, 5.41) is 0. The zero-order valence-corrected chi connectivity index (χ0v) is 10.3. The van der Waals surface area contributed by atoms with E-state index in [2.05, 4.69) is 13.8 Å². The van der Waals surface area contributed by atoms with Gasteiger partial charge in [-0.3, -0.25) is 9.59 Å². The Morgan fingerprint density at radius 3 is 2.41 bits per heavy atom. The molecule has 0 amide bonds. The molecule has 1 rings (SSSR count). The maximum absolute atomic E-state index is 11.8. The summed E-state index contributed by atoms with van der Waals surface area (Å²) in [5.74, 6) is 0.602. The van der Waals surface area contributed by atoms with Gasteiger partial charge in [0.05, 0.1) is 0 Å². The number of Topliss-reactive ketones (excluding diaryl/α,β-unsaturated/α-hetero) is 1. The first kappa shape index (κ1) is 13.4. The smallest absolute Gasteiger partial charge is 0.163 e. The van der Waals surface area contributed by atoms with Gasteiger partial charge < -0.3 is 0 Å². The van der Waals surface area contributed by atoms with Gasteiger partial charge in [0.25, 0.3) is 0 Å². The Hall–Kier alpha value is -1.70. The Morgan fingerprint density at radius 2 is 1.88 bits per heavy atom. The van der Waals surface area contributed by atoms with Crippen LogP contribution in [0.25, 0.3) is 0 Å². The van der Waals surface area contributed by atoms with Gasteiger partial charge in [-0.05, 0) is 24.0 Å². The first-order valence-corrected chi connectivity index (χ1v) is 5.88. The summed E-state index contributed by atoms with van der Waals surface area (Å²) >= 11 is 0. The standard InChI is InChI=1S/C15H18O2/c1-12(2)13-7-9-14(10-8-13)15(17)6-4-3-5-11-16/h3,5,7-12H,4,6H2,1-2H3. The maximum atomic E-state index is 11.8. The summed E-state index contributed by atoms with van der Waals surface area (Å²) in [6.45, 7) is 4.25. The molecule has 2 nitrogen and oxygen atoms in total. The lowest BCUT2D eigenvalue weighted by molar-refractivity contribution is -0.104. The van der Waals surface area contributed by atoms with E-state index in [1.165, 1.54) is 11.6 Å². The summed E-state index contributed by atoms with van der Waals surface area (Å²) in [5.41, 5.74) is 1.98. The zero-order chi connectivity index (χ0) is 12.7. The number of hydrogen-bond acceptors (Lipinski definition) is 2. The molecule has 0 unspecified atom stereocenters. The van der Waals surface area contributed by atoms with E-state index in [0.717, 1.165) is 11.8 Å². The van der Waals surface area contributed by atoms with Crippen molar-refractivity contribution in [2.75, 3.05) is 0 Å². The van der Waals surface area contributed by atoms with Crippen LogP contribution < -0.4 is 0 Å². The Bertz CT molecular complexity index is 399. The molecule has 0 saturated heterocycles. The van der Waals surface area contributed by atoms with E-state index in [1.54, 1.807) is 6.08 Å². The number of carbonyl (C=O) groups excluding carboxylic acids is 2. The number of allylic oxidation sites excluding steroid dienone is 2. The van der Waals surface area contributed by atoms with Crippen molar-refractivity contribution in [1.82, 2.24) is 0 Å². The lowest BCUT2D eigenvalue weighted by Gasteiger charge is -2.05. The number of aldehydes is 1. The maximum Gasteiger partial charge on any atom is 0.163 e. The average molecular weight is 230 g/mol. The van der Waals surface area contributed by atoms with Gasteiger partial charge in [0.15, 0.2) is 5.78 Å². The van der Waals surface area contributed by atoms with E-state index in [1.807, 2.05) is 24.3 Å². The van der Waals surface area contributed by atoms with E-state index in [9.17, 15) is 9.59 Å². The van der Waals surface area contributed by atoms with Gasteiger partial charge >= 0.3 is 0 Å². The molecule has 0 radical (unpaired) electrons. The van der Waals surface area contributed by atoms with Gasteiger partial charge in [-0.2, -0.15) is 0 Å². The molecule has 0 aliphatic rings. The molecule has 0 aliphatic carbocycles. The Kier molecular flexibility index (Phi) is 5.34. The minimum atomic E-state index is 0.121. The molecule has 0 fully saturated rings. The molecule has 1 aromatic carbocycles. The van der Waals surface area contributed by atoms with Crippen LogP contribution >= 0.6 is 0 Å². The molecular weight excluding hydrogens is 212 g/mol. The molecule has 0 saturated carbocycles. The van der Waals surface area contributed by atoms with Gasteiger partial charge in [0, 0.05) is 12.0 Å². The first-order valence-electron chi connectivity index (χ1n) is 5.88. The summed E-state index contributed by atoms with van der Waals surface area (Å²) in [6, 6.07) is 7.75. The van der Waals surface area contributed by atoms with Crippen LogP contribution in [0.4, 0.5) is 0 Å². The molecule has 0 bridgehead atoms. The third-order valence-electron chi connectivity index (χ3n) is 2.65. The predicted octanol–water partition coefficient (Wildman–Crippen LogP) is 3.53. The van der Waals surface area contributed by atoms with Crippen molar-refractivity contribution in [2.45, 2.75) is 32.6 Å². The van der Waals surface area contributed by atoms with Crippen molar-refractivity contribution in [3.63, 3.8) is 0 Å². The highest BCUT2D eigenvalue weighted by atomic mass is 16.1. The van der Waals surface area contributed by atoms with Gasteiger partial charge in [0.2, 0.25) is 0 Å². The third-order valence-corrected chi connectivity index (χ3v) is 2.65. The van der Waals surface area contributed by atoms with Gasteiger partial charge in [-0.25, -0.2) is 0 Å². The highest BCUT2D eigenvalue weighted by Gasteiger charge is 2.05. The van der Waals surface area contributed by atoms with Crippen molar-refractivity contribution < 1.29 is 9.59 Å². The molecule has 90 valence electrons. The topological polar surface area (TPSA) is 34.1 Å². The average Bonchev–Trinajstić information content (AvgIpc) is 2.34. The van der Waals surface area contributed by atoms with Crippen LogP contribution in [0.3, 0.4) is 0 Å². The number of benzene rings is 1. The first-order chi connectivity index (χ1) is 8.15. The van der Waals surface area contributed by atoms with Crippen LogP contribution in [-0.2, 0) is 4.79 Å². The molecular formula is C15H18O2. The molecule has 17 heavy (non-hydrogen) atoms. The van der Waals surface area contributed by atoms with Gasteiger partial charge in [-0.15, -0.1) is 0 Å². The van der Waals surface area contributed by atoms with Crippen molar-refractivity contribution in [3.8, 4) is 0 Å². The monoisotopic (exact) mass is 230 g/mol. The Balaban J connectivity index is 2.57. The van der Waals surface area contributed by atoms with Crippen LogP contribution in [0.1, 0.15) is 48.5 Å². The van der Waals surface area contributed by atoms with E-state index < -0.39 is 0 Å². The summed E-state index contributed by atoms with van der Waals surface area (Å²) < 4.78 is 0. The molecule has 0 aromatic heterocycles. The molecule has 0 heterocycles. The minimum Gasteiger partial charge on any atom is -0.299 e. The second-order valence-electron chi connectivity index (χ2n) is 4.30. The van der Waals surface area contributed by atoms with Crippen LogP contribution in [0.5, 0.6) is 0 Å². The number of rotatable bonds is 6. The second kappa shape index (κ2) is 6.79. The van der Waals surface area contributed by atoms with E-state index in [4.69, 9.17) is 0 Å². The van der Waals surface area contributed by atoms with E-state index in [-0.39, 0.29) is 5.78 Å². The van der Waals surface area contributed by atoms with Crippen LogP contribution in [-0.4, -0.2) is 12.1 Å². The number of carbonyl (C=O) groups is 2. The molecule has 2 heteroatoms. The molecule has 1 aromatic rings. The SMILES string of the molecule is CC(C)c1ccc(C(=O)CCC=CC=O)cc1. The van der Waals surface area contributed by atoms with Crippen LogP contribution in [0.2, 0.25) is 0 Å². The molecule has 0 atom stereocenters. The van der Waals surface area contributed by atoms with E-state index in [0.29, 0.717) is 18.8 Å². The van der Waals surface area contributed by atoms with E-state index >= 15 is 0 Å². The fraction of sp³-hybridized carbons (Fsp3) is 0.333. The summed E-state index contributed by atoms with van der Waals surface area (Å²) in [4.78, 5) is 21.8. The van der Waals surface area contributed by atoms with Gasteiger partial charge in [-0.1, -0.05) is 44.2 Å². The van der Waals surface area contributed by atoms with Gasteiger partial charge in [0.1, 0.15) is 6.29 Å². The highest BCUT2D eigenvalue weighted by Crippen LogP contribution is 2.15. The highest BCUT2D eigenvalue weighted by molar-refractivity contribution is 5.96. The Labute approximate surface area is 102 Å². The molecule has 0 spiro atoms. The summed E-state index contributed by atoms with van der Waals surface area (Å²) in [7, 11) is 0. The number of hydrogen-bond donors (Lipinski definition) is 0. The quantitative estimate of drug-likeness (QED) is 0.425. The Morgan fingerprint density at radius 1 is 1.24 bits per heavy atom. The van der Waals surface area contributed by atoms with Crippen molar-refractivity contribution in [1.29, 1.82) is 0 Å². The molecule has 0 N–H and O–H groups in total. The van der Waals surface area contributed by atoms with Crippen LogP contribution in [0.15, 0.2) is 36.4 Å². The minimum absolute atomic E-state index is 0.121. The van der Waals surface area contributed by atoms with Crippen LogP contribution in [0, 0.1) is 0 Å². The summed E-state index contributed by atoms with van der Waals surface area (Å²) in [6.07, 6.45) is 4.93. The van der Waals surface area contributed by atoms with Crippen molar-refractivity contribution in [2.24, 2.45) is 0 Å². The fourth-order valence-corrected chi connectivity index (χ4v) is 1.56. The third kappa shape index (κ3) is 4.35. The normalized spacial score (nSPS) is 11.0. The lowest BCUT2D eigenvalue weighted by Crippen LogP contribution is -1.98.